The van der Waals surface area contributed by atoms with E-state index in [4.69, 9.17) is 9.47 Å². The molecule has 1 aliphatic heterocycles. The summed E-state index contributed by atoms with van der Waals surface area (Å²) in [7, 11) is 0. The molecule has 0 aromatic rings. The third-order valence-electron chi connectivity index (χ3n) is 15.2. The van der Waals surface area contributed by atoms with Gasteiger partial charge in [0.1, 0.15) is 18.3 Å². The van der Waals surface area contributed by atoms with E-state index in [1.54, 1.807) is 0 Å². The van der Waals surface area contributed by atoms with Crippen molar-refractivity contribution >= 4 is 11.9 Å². The fourth-order valence-corrected chi connectivity index (χ4v) is 12.1. The predicted molar refractivity (Wildman–Crippen MR) is 168 cm³/mol. The van der Waals surface area contributed by atoms with Gasteiger partial charge in [0.05, 0.1) is 23.7 Å². The zero-order chi connectivity index (χ0) is 34.9. The van der Waals surface area contributed by atoms with Gasteiger partial charge in [0.15, 0.2) is 6.10 Å². The SMILES string of the molecule is CC1(C)CC[C@]2(C(=O)O[C@@H]3O[C@H](C(=O)O)[C@@H](O)[C@H](O)[C@H]3O)CC[C@]3(C)C(=CC[C@@H]4[C@@]5(C)C[C@@H](O)[C@H](O)C(C)(C)[C@@H]5CC[C@]43C)[C@@H]2[C@@H]1O. The number of ether oxygens (including phenoxy) is 2. The number of fused-ring (bicyclic) bond motifs is 7. The molecule has 0 spiro atoms. The third kappa shape index (κ3) is 4.62. The minimum absolute atomic E-state index is 0.198. The predicted octanol–water partition coefficient (Wildman–Crippen LogP) is 2.53. The number of carboxylic acids is 1. The summed E-state index contributed by atoms with van der Waals surface area (Å²) >= 11 is 0. The Morgan fingerprint density at radius 2 is 1.45 bits per heavy atom. The Labute approximate surface area is 277 Å². The number of hydrogen-bond acceptors (Lipinski definition) is 10. The number of aliphatic carboxylic acids is 1. The van der Waals surface area contributed by atoms with Crippen LogP contribution in [0.25, 0.3) is 0 Å². The lowest BCUT2D eigenvalue weighted by Crippen LogP contribution is -2.68. The highest BCUT2D eigenvalue weighted by atomic mass is 16.7. The van der Waals surface area contributed by atoms with Gasteiger partial charge in [0.2, 0.25) is 6.29 Å². The van der Waals surface area contributed by atoms with E-state index in [1.165, 1.54) is 0 Å². The summed E-state index contributed by atoms with van der Waals surface area (Å²) in [5.74, 6) is -2.48. The molecule has 0 unspecified atom stereocenters. The van der Waals surface area contributed by atoms with Crippen LogP contribution in [0.2, 0.25) is 0 Å². The molecule has 11 heteroatoms. The van der Waals surface area contributed by atoms with Gasteiger partial charge in [-0.05, 0) is 90.3 Å². The number of carbonyl (C=O) groups excluding carboxylic acids is 1. The lowest BCUT2D eigenvalue weighted by Gasteiger charge is -2.71. The standard InChI is InChI=1S/C36H56O11/c1-31(2)12-14-36(30(45)47-29-24(40)22(38)23(39)25(46-29)28(43)44)15-13-34(6)17(21(36)27(31)42)8-9-20-33(5)16-18(37)26(41)32(3,4)19(33)10-11-35(20,34)7/h8,18-27,29,37-42H,9-16H2,1-7H3,(H,43,44)/t18-,19+,20-,21-,22+,23+,24-,25+,26+,27+,29+,33+,34-,35-,36+/m1/s1. The first-order valence-corrected chi connectivity index (χ1v) is 17.5. The van der Waals surface area contributed by atoms with Crippen molar-refractivity contribution in [1.29, 1.82) is 0 Å². The second-order valence-electron chi connectivity index (χ2n) is 18.0. The van der Waals surface area contributed by atoms with Gasteiger partial charge in [-0.25, -0.2) is 4.79 Å². The summed E-state index contributed by atoms with van der Waals surface area (Å²) in [4.78, 5) is 26.1. The van der Waals surface area contributed by atoms with Crippen LogP contribution in [0.1, 0.15) is 99.8 Å². The summed E-state index contributed by atoms with van der Waals surface area (Å²) < 4.78 is 11.1. The van der Waals surface area contributed by atoms with E-state index in [-0.39, 0.29) is 22.7 Å². The summed E-state index contributed by atoms with van der Waals surface area (Å²) in [5, 5.41) is 75.0. The first kappa shape index (κ1) is 35.2. The Bertz CT molecular complexity index is 1330. The smallest absolute Gasteiger partial charge is 0.335 e. The molecule has 47 heavy (non-hydrogen) atoms. The molecule has 7 N–H and O–H groups in total. The summed E-state index contributed by atoms with van der Waals surface area (Å²) in [6.45, 7) is 15.0. The minimum Gasteiger partial charge on any atom is -0.479 e. The molecule has 0 radical (unpaired) electrons. The number of hydrogen-bond donors (Lipinski definition) is 7. The second-order valence-corrected chi connectivity index (χ2v) is 18.0. The Morgan fingerprint density at radius 3 is 2.09 bits per heavy atom. The highest BCUT2D eigenvalue weighted by Gasteiger charge is 2.71. The van der Waals surface area contributed by atoms with E-state index < -0.39 is 88.5 Å². The highest BCUT2D eigenvalue weighted by Crippen LogP contribution is 2.75. The van der Waals surface area contributed by atoms with Crippen LogP contribution >= 0.6 is 0 Å². The van der Waals surface area contributed by atoms with Gasteiger partial charge in [-0.2, -0.15) is 0 Å². The Kier molecular flexibility index (Phi) is 8.21. The van der Waals surface area contributed by atoms with Crippen LogP contribution < -0.4 is 0 Å². The summed E-state index contributed by atoms with van der Waals surface area (Å²) in [5.41, 5.74) is -1.98. The number of aliphatic hydroxyl groups is 6. The Hall–Kier alpha value is -1.60. The number of allylic oxidation sites excluding steroid dienone is 1. The van der Waals surface area contributed by atoms with Crippen molar-refractivity contribution < 1.29 is 54.8 Å². The van der Waals surface area contributed by atoms with Crippen molar-refractivity contribution in [2.45, 2.75) is 149 Å². The molecule has 0 aromatic heterocycles. The Morgan fingerprint density at radius 1 is 0.809 bits per heavy atom. The average molecular weight is 665 g/mol. The van der Waals surface area contributed by atoms with Crippen molar-refractivity contribution in [2.24, 2.45) is 50.2 Å². The van der Waals surface area contributed by atoms with Crippen LogP contribution in [-0.2, 0) is 19.1 Å². The lowest BCUT2D eigenvalue weighted by atomic mass is 9.33. The number of carbonyl (C=O) groups is 2. The number of aliphatic hydroxyl groups excluding tert-OH is 6. The molecule has 1 heterocycles. The number of carboxylic acid groups (broad SMARTS) is 1. The molecule has 0 bridgehead atoms. The summed E-state index contributed by atoms with van der Waals surface area (Å²) in [6.07, 6.45) is -4.69. The molecule has 6 aliphatic rings. The van der Waals surface area contributed by atoms with Gasteiger partial charge < -0.3 is 45.2 Å². The largest absolute Gasteiger partial charge is 0.479 e. The zero-order valence-corrected chi connectivity index (χ0v) is 28.8. The van der Waals surface area contributed by atoms with E-state index in [1.807, 2.05) is 13.8 Å². The van der Waals surface area contributed by atoms with Crippen molar-refractivity contribution in [3.05, 3.63) is 11.6 Å². The van der Waals surface area contributed by atoms with Gasteiger partial charge in [-0.3, -0.25) is 4.79 Å². The molecule has 5 aliphatic carbocycles. The van der Waals surface area contributed by atoms with Crippen LogP contribution in [0.5, 0.6) is 0 Å². The quantitative estimate of drug-likeness (QED) is 0.173. The fourth-order valence-electron chi connectivity index (χ4n) is 12.1. The monoisotopic (exact) mass is 664 g/mol. The molecular weight excluding hydrogens is 608 g/mol. The van der Waals surface area contributed by atoms with Crippen molar-refractivity contribution in [1.82, 2.24) is 0 Å². The first-order valence-electron chi connectivity index (χ1n) is 17.5. The van der Waals surface area contributed by atoms with E-state index >= 15 is 0 Å². The maximum atomic E-state index is 14.4. The molecule has 15 atom stereocenters. The fraction of sp³-hybridized carbons (Fsp3) is 0.889. The lowest BCUT2D eigenvalue weighted by molar-refractivity contribution is -0.292. The molecule has 11 nitrogen and oxygen atoms in total. The van der Waals surface area contributed by atoms with Gasteiger partial charge in [-0.15, -0.1) is 0 Å². The molecule has 266 valence electrons. The summed E-state index contributed by atoms with van der Waals surface area (Å²) in [6, 6.07) is 0. The molecular formula is C36H56O11. The van der Waals surface area contributed by atoms with E-state index in [2.05, 4.69) is 40.7 Å². The Balaban J connectivity index is 1.39. The maximum absolute atomic E-state index is 14.4. The van der Waals surface area contributed by atoms with Crippen LogP contribution in [0.3, 0.4) is 0 Å². The van der Waals surface area contributed by atoms with Gasteiger partial charge in [-0.1, -0.05) is 60.1 Å². The van der Waals surface area contributed by atoms with Gasteiger partial charge in [0.25, 0.3) is 0 Å². The third-order valence-corrected chi connectivity index (χ3v) is 15.2. The number of rotatable bonds is 3. The minimum atomic E-state index is -1.91. The van der Waals surface area contributed by atoms with Crippen LogP contribution in [0.15, 0.2) is 11.6 Å². The van der Waals surface area contributed by atoms with Crippen LogP contribution in [-0.4, -0.2) is 96.7 Å². The molecule has 0 amide bonds. The van der Waals surface area contributed by atoms with Crippen LogP contribution in [0.4, 0.5) is 0 Å². The van der Waals surface area contributed by atoms with E-state index in [9.17, 15) is 45.3 Å². The van der Waals surface area contributed by atoms with Crippen molar-refractivity contribution in [3.8, 4) is 0 Å². The molecule has 1 saturated heterocycles. The molecule has 0 aromatic carbocycles. The zero-order valence-electron chi connectivity index (χ0n) is 28.8. The molecule has 4 saturated carbocycles. The molecule has 6 rings (SSSR count). The van der Waals surface area contributed by atoms with Gasteiger partial charge >= 0.3 is 11.9 Å². The van der Waals surface area contributed by atoms with E-state index in [0.717, 1.165) is 18.4 Å². The highest BCUT2D eigenvalue weighted by molar-refractivity contribution is 5.79. The molecule has 5 fully saturated rings. The number of esters is 1. The maximum Gasteiger partial charge on any atom is 0.335 e. The van der Waals surface area contributed by atoms with E-state index in [0.29, 0.717) is 38.5 Å². The van der Waals surface area contributed by atoms with Crippen molar-refractivity contribution in [2.75, 3.05) is 0 Å². The normalized spacial score (nSPS) is 53.3. The first-order chi connectivity index (χ1) is 21.6. The van der Waals surface area contributed by atoms with Crippen LogP contribution in [0, 0.1) is 50.2 Å². The topological polar surface area (TPSA) is 194 Å². The van der Waals surface area contributed by atoms with Gasteiger partial charge in [0, 0.05) is 5.92 Å². The second kappa shape index (κ2) is 10.9. The average Bonchev–Trinajstić information content (AvgIpc) is 2.98. The van der Waals surface area contributed by atoms with Crippen molar-refractivity contribution in [3.63, 3.8) is 0 Å².